The maximum Gasteiger partial charge on any atom is 0.259 e. The Morgan fingerprint density at radius 2 is 2.27 bits per heavy atom. The Bertz CT molecular complexity index is 1070. The van der Waals surface area contributed by atoms with Crippen molar-refractivity contribution in [1.82, 2.24) is 9.97 Å². The lowest BCUT2D eigenvalue weighted by Gasteiger charge is -2.11. The first-order valence-corrected chi connectivity index (χ1v) is 10.5. The number of aryl methyl sites for hydroxylation is 2. The summed E-state index contributed by atoms with van der Waals surface area (Å²) in [6.45, 7) is 5.68. The summed E-state index contributed by atoms with van der Waals surface area (Å²) in [5, 5.41) is 14.4. The van der Waals surface area contributed by atoms with Crippen LogP contribution in [0.2, 0.25) is 0 Å². The zero-order chi connectivity index (χ0) is 18.8. The molecule has 0 aliphatic rings. The van der Waals surface area contributed by atoms with Crippen LogP contribution in [-0.4, -0.2) is 21.1 Å². The molecule has 0 unspecified atom stereocenters. The van der Waals surface area contributed by atoms with Crippen LogP contribution in [0.4, 0.5) is 5.00 Å². The molecular weight excluding hydrogens is 388 g/mol. The molecule has 26 heavy (non-hydrogen) atoms. The lowest BCUT2D eigenvalue weighted by molar-refractivity contribution is -0.115. The van der Waals surface area contributed by atoms with Crippen LogP contribution in [0.15, 0.2) is 16.2 Å². The molecule has 0 saturated carbocycles. The summed E-state index contributed by atoms with van der Waals surface area (Å²) in [4.78, 5) is 33.7. The summed E-state index contributed by atoms with van der Waals surface area (Å²) in [6.07, 6.45) is 0. The second-order valence-electron chi connectivity index (χ2n) is 5.69. The van der Waals surface area contributed by atoms with E-state index in [1.807, 2.05) is 19.9 Å². The molecule has 3 aromatic heterocycles. The Morgan fingerprint density at radius 3 is 3.00 bits per heavy atom. The second kappa shape index (κ2) is 7.61. The molecule has 0 bridgehead atoms. The van der Waals surface area contributed by atoms with Crippen molar-refractivity contribution < 1.29 is 4.79 Å². The van der Waals surface area contributed by atoms with Gasteiger partial charge in [0.05, 0.1) is 22.0 Å². The lowest BCUT2D eigenvalue weighted by atomic mass is 10.2. The van der Waals surface area contributed by atoms with Crippen LogP contribution in [-0.2, 0) is 10.5 Å². The van der Waals surface area contributed by atoms with E-state index in [2.05, 4.69) is 15.3 Å². The third kappa shape index (κ3) is 3.67. The minimum atomic E-state index is -0.351. The molecule has 0 spiro atoms. The summed E-state index contributed by atoms with van der Waals surface area (Å²) in [7, 11) is 0. The quantitative estimate of drug-likeness (QED) is 0.674. The molecule has 3 aromatic rings. The number of H-pyrrole nitrogens is 1. The number of rotatable bonds is 5. The van der Waals surface area contributed by atoms with Crippen LogP contribution in [0.3, 0.4) is 0 Å². The summed E-state index contributed by atoms with van der Waals surface area (Å²) < 4.78 is 0. The van der Waals surface area contributed by atoms with Gasteiger partial charge in [0.1, 0.15) is 21.7 Å². The van der Waals surface area contributed by atoms with Crippen molar-refractivity contribution in [3.8, 4) is 6.07 Å². The maximum atomic E-state index is 12.3. The van der Waals surface area contributed by atoms with E-state index in [9.17, 15) is 9.59 Å². The molecule has 134 valence electrons. The number of hydrogen-bond acceptors (Lipinski definition) is 7. The third-order valence-electron chi connectivity index (χ3n) is 3.95. The summed E-state index contributed by atoms with van der Waals surface area (Å²) in [5.74, 6) is 0.799. The number of carbonyl (C=O) groups excluding carboxylic acids is 1. The van der Waals surface area contributed by atoms with Crippen LogP contribution < -0.4 is 10.9 Å². The zero-order valence-corrected chi connectivity index (χ0v) is 16.8. The van der Waals surface area contributed by atoms with Gasteiger partial charge in [0.2, 0.25) is 5.91 Å². The van der Waals surface area contributed by atoms with E-state index in [-0.39, 0.29) is 16.7 Å². The number of hydrogen-bond donors (Lipinski definition) is 2. The highest BCUT2D eigenvalue weighted by atomic mass is 32.2. The standard InChI is InChI=1S/C17H16N4O2S3/c1-8-9(2)26-17-13(8)15(23)19-12(20-17)7-25-10(3)14(22)21-16-11(6-18)4-5-24-16/h4-5,10H,7H2,1-3H3,(H,21,22)(H,19,20,23)/t10-/m1/s1. The molecule has 3 rings (SSSR count). The molecular formula is C17H16N4O2S3. The molecule has 1 amide bonds. The van der Waals surface area contributed by atoms with Crippen molar-refractivity contribution in [2.75, 3.05) is 5.32 Å². The van der Waals surface area contributed by atoms with Gasteiger partial charge in [-0.15, -0.1) is 34.4 Å². The van der Waals surface area contributed by atoms with Crippen molar-refractivity contribution in [3.05, 3.63) is 43.6 Å². The average molecular weight is 405 g/mol. The predicted molar refractivity (Wildman–Crippen MR) is 108 cm³/mol. The van der Waals surface area contributed by atoms with E-state index in [0.29, 0.717) is 27.5 Å². The Hall–Kier alpha value is -2.15. The topological polar surface area (TPSA) is 98.6 Å². The molecule has 3 heterocycles. The highest BCUT2D eigenvalue weighted by Gasteiger charge is 2.17. The van der Waals surface area contributed by atoms with Gasteiger partial charge >= 0.3 is 0 Å². The van der Waals surface area contributed by atoms with Crippen LogP contribution in [0, 0.1) is 25.2 Å². The van der Waals surface area contributed by atoms with Crippen molar-refractivity contribution in [3.63, 3.8) is 0 Å². The SMILES string of the molecule is Cc1sc2nc(CS[C@H](C)C(=O)Nc3sccc3C#N)[nH]c(=O)c2c1C. The van der Waals surface area contributed by atoms with Gasteiger partial charge in [-0.1, -0.05) is 0 Å². The van der Waals surface area contributed by atoms with Crippen LogP contribution >= 0.6 is 34.4 Å². The lowest BCUT2D eigenvalue weighted by Crippen LogP contribution is -2.22. The molecule has 2 N–H and O–H groups in total. The van der Waals surface area contributed by atoms with Crippen molar-refractivity contribution >= 4 is 55.6 Å². The summed E-state index contributed by atoms with van der Waals surface area (Å²) in [5.41, 5.74) is 1.29. The van der Waals surface area contributed by atoms with Crippen molar-refractivity contribution in [2.24, 2.45) is 0 Å². The van der Waals surface area contributed by atoms with Gasteiger partial charge in [-0.2, -0.15) is 5.26 Å². The van der Waals surface area contributed by atoms with Gasteiger partial charge in [-0.05, 0) is 37.8 Å². The molecule has 0 aliphatic heterocycles. The number of aromatic nitrogens is 2. The molecule has 0 saturated heterocycles. The fourth-order valence-corrected chi connectivity index (χ4v) is 4.90. The summed E-state index contributed by atoms with van der Waals surface area (Å²) >= 11 is 4.21. The molecule has 0 aliphatic carbocycles. The van der Waals surface area contributed by atoms with Gasteiger partial charge in [0, 0.05) is 4.88 Å². The first kappa shape index (κ1) is 18.6. The Kier molecular flexibility index (Phi) is 5.46. The number of fused-ring (bicyclic) bond motifs is 1. The van der Waals surface area contributed by atoms with Crippen LogP contribution in [0.1, 0.15) is 28.8 Å². The fourth-order valence-electron chi connectivity index (χ4n) is 2.35. The number of nitrogens with zero attached hydrogens (tertiary/aromatic N) is 2. The van der Waals surface area contributed by atoms with Crippen LogP contribution in [0.5, 0.6) is 0 Å². The van der Waals surface area contributed by atoms with Crippen LogP contribution in [0.25, 0.3) is 10.2 Å². The van der Waals surface area contributed by atoms with E-state index in [1.54, 1.807) is 18.4 Å². The fraction of sp³-hybridized carbons (Fsp3) is 0.294. The van der Waals surface area contributed by atoms with E-state index in [1.165, 1.54) is 34.4 Å². The number of thiophene rings is 2. The first-order valence-electron chi connectivity index (χ1n) is 7.79. The maximum absolute atomic E-state index is 12.3. The average Bonchev–Trinajstić information content (AvgIpc) is 3.16. The minimum Gasteiger partial charge on any atom is -0.316 e. The number of aromatic amines is 1. The highest BCUT2D eigenvalue weighted by molar-refractivity contribution is 7.99. The van der Waals surface area contributed by atoms with Gasteiger partial charge in [0.15, 0.2) is 0 Å². The van der Waals surface area contributed by atoms with Crippen molar-refractivity contribution in [2.45, 2.75) is 31.8 Å². The summed E-state index contributed by atoms with van der Waals surface area (Å²) in [6, 6.07) is 3.72. The first-order chi connectivity index (χ1) is 12.4. The van der Waals surface area contributed by atoms with Gasteiger partial charge < -0.3 is 10.3 Å². The van der Waals surface area contributed by atoms with Crippen molar-refractivity contribution in [1.29, 1.82) is 5.26 Å². The number of nitrogens with one attached hydrogen (secondary N) is 2. The number of amides is 1. The van der Waals surface area contributed by atoms with E-state index < -0.39 is 0 Å². The smallest absolute Gasteiger partial charge is 0.259 e. The Balaban J connectivity index is 1.68. The zero-order valence-electron chi connectivity index (χ0n) is 14.4. The number of carbonyl (C=O) groups is 1. The second-order valence-corrected chi connectivity index (χ2v) is 9.14. The third-order valence-corrected chi connectivity index (χ3v) is 7.03. The van der Waals surface area contributed by atoms with Gasteiger partial charge in [0.25, 0.3) is 5.56 Å². The van der Waals surface area contributed by atoms with E-state index in [0.717, 1.165) is 15.3 Å². The predicted octanol–water partition coefficient (Wildman–Crippen LogP) is 3.80. The number of thioether (sulfide) groups is 1. The monoisotopic (exact) mass is 404 g/mol. The Labute approximate surface area is 162 Å². The largest absolute Gasteiger partial charge is 0.316 e. The normalized spacial score (nSPS) is 12.1. The number of nitriles is 1. The van der Waals surface area contributed by atoms with E-state index in [4.69, 9.17) is 5.26 Å². The molecule has 0 aromatic carbocycles. The minimum absolute atomic E-state index is 0.137. The molecule has 6 nitrogen and oxygen atoms in total. The molecule has 1 atom stereocenters. The highest BCUT2D eigenvalue weighted by Crippen LogP contribution is 2.27. The van der Waals surface area contributed by atoms with E-state index >= 15 is 0 Å². The Morgan fingerprint density at radius 1 is 1.50 bits per heavy atom. The molecule has 0 fully saturated rings. The van der Waals surface area contributed by atoms with Gasteiger partial charge in [-0.3, -0.25) is 9.59 Å². The molecule has 0 radical (unpaired) electrons. The van der Waals surface area contributed by atoms with Gasteiger partial charge in [-0.25, -0.2) is 4.98 Å². The number of anilines is 1. The molecule has 9 heteroatoms.